The van der Waals surface area contributed by atoms with E-state index in [-0.39, 0.29) is 5.82 Å². The molecule has 12 nitrogen and oxygen atoms in total. The Morgan fingerprint density at radius 1 is 1.62 bits per heavy atom. The van der Waals surface area contributed by atoms with Crippen molar-refractivity contribution >= 4 is 11.8 Å². The highest BCUT2D eigenvalue weighted by atomic mass is 16.6. The van der Waals surface area contributed by atoms with Gasteiger partial charge in [0.1, 0.15) is 30.5 Å². The van der Waals surface area contributed by atoms with E-state index in [1.54, 1.807) is 5.48 Å². The van der Waals surface area contributed by atoms with E-state index < -0.39 is 54.4 Å². The fourth-order valence-electron chi connectivity index (χ4n) is 2.40. The second-order valence-electron chi connectivity index (χ2n) is 6.20. The fraction of sp³-hybridized carbons (Fsp3) is 0.643. The molecule has 1 aromatic heterocycles. The Balaban J connectivity index is 2.14. The number of ether oxygens (including phenoxy) is 2. The van der Waals surface area contributed by atoms with Gasteiger partial charge in [0.15, 0.2) is 12.0 Å². The minimum Gasteiger partial charge on any atom is -0.462 e. The van der Waals surface area contributed by atoms with Crippen LogP contribution in [0.2, 0.25) is 0 Å². The van der Waals surface area contributed by atoms with Crippen molar-refractivity contribution in [1.29, 1.82) is 0 Å². The number of anilines is 1. The summed E-state index contributed by atoms with van der Waals surface area (Å²) in [6.07, 6.45) is -3.93. The summed E-state index contributed by atoms with van der Waals surface area (Å²) in [5, 5.41) is 38.8. The molecule has 146 valence electrons. The molecule has 0 bridgehead atoms. The molecule has 1 aliphatic heterocycles. The molecule has 26 heavy (non-hydrogen) atoms. The van der Waals surface area contributed by atoms with E-state index in [2.05, 4.69) is 4.98 Å². The molecule has 7 N–H and O–H groups in total. The third kappa shape index (κ3) is 3.85. The van der Waals surface area contributed by atoms with E-state index in [4.69, 9.17) is 20.4 Å². The number of aliphatic hydroxyl groups excluding tert-OH is 2. The van der Waals surface area contributed by atoms with Crippen LogP contribution in [0.25, 0.3) is 0 Å². The molecule has 6 atom stereocenters. The van der Waals surface area contributed by atoms with Crippen molar-refractivity contribution in [3.63, 3.8) is 0 Å². The van der Waals surface area contributed by atoms with Gasteiger partial charge in [0.25, 0.3) is 0 Å². The second-order valence-corrected chi connectivity index (χ2v) is 6.20. The highest BCUT2D eigenvalue weighted by Crippen LogP contribution is 2.36. The molecule has 2 rings (SSSR count). The molecule has 0 amide bonds. The zero-order valence-corrected chi connectivity index (χ0v) is 14.1. The van der Waals surface area contributed by atoms with E-state index >= 15 is 0 Å². The lowest BCUT2D eigenvalue weighted by molar-refractivity contribution is -0.157. The van der Waals surface area contributed by atoms with Crippen LogP contribution in [0, 0.1) is 0 Å². The predicted octanol–water partition coefficient (Wildman–Crippen LogP) is -2.69. The van der Waals surface area contributed by atoms with Crippen LogP contribution in [0.15, 0.2) is 17.1 Å². The summed E-state index contributed by atoms with van der Waals surface area (Å²) < 4.78 is 11.3. The first-order valence-electron chi connectivity index (χ1n) is 7.75. The van der Waals surface area contributed by atoms with Crippen molar-refractivity contribution in [3.05, 3.63) is 22.7 Å². The monoisotopic (exact) mass is 374 g/mol. The summed E-state index contributed by atoms with van der Waals surface area (Å²) in [5.74, 6) is -1.02. The Morgan fingerprint density at radius 3 is 2.81 bits per heavy atom. The summed E-state index contributed by atoms with van der Waals surface area (Å²) in [6.45, 7) is 2.11. The molecule has 0 aliphatic carbocycles. The first-order chi connectivity index (χ1) is 12.1. The molecular formula is C14H22N4O8. The molecule has 0 aromatic carbocycles. The van der Waals surface area contributed by atoms with Crippen molar-refractivity contribution < 1.29 is 34.8 Å². The minimum absolute atomic E-state index is 0.108. The van der Waals surface area contributed by atoms with Gasteiger partial charge in [-0.05, 0) is 19.9 Å². The van der Waals surface area contributed by atoms with E-state index in [9.17, 15) is 24.9 Å². The topological polar surface area (TPSA) is 189 Å². The minimum atomic E-state index is -1.85. The van der Waals surface area contributed by atoms with E-state index in [0.29, 0.717) is 0 Å². The molecular weight excluding hydrogens is 352 g/mol. The van der Waals surface area contributed by atoms with Crippen molar-refractivity contribution in [2.24, 2.45) is 5.73 Å². The molecule has 12 heteroatoms. The average molecular weight is 374 g/mol. The maximum Gasteiger partial charge on any atom is 0.351 e. The second kappa shape index (κ2) is 7.65. The van der Waals surface area contributed by atoms with Crippen LogP contribution in [-0.2, 0) is 14.3 Å². The van der Waals surface area contributed by atoms with Crippen molar-refractivity contribution in [1.82, 2.24) is 9.55 Å². The molecule has 1 fully saturated rings. The standard InChI is InChI=1S/C14H22N4O8/c1-6(19)9(15)12(21)25-5-7-14(2,23)10(20)11(26-7)18-4-3-8(17-24)16-13(18)22/h3-4,6-7,9-11,19-20,23-24H,5,15H2,1-2H3,(H,16,17,22)/t6?,7-,9+,10-,11-,14?/m1/s1. The first-order valence-corrected chi connectivity index (χ1v) is 7.75. The van der Waals surface area contributed by atoms with Gasteiger partial charge in [-0.25, -0.2) is 4.79 Å². The predicted molar refractivity (Wildman–Crippen MR) is 85.1 cm³/mol. The summed E-state index contributed by atoms with van der Waals surface area (Å²) in [4.78, 5) is 27.2. The van der Waals surface area contributed by atoms with Crippen molar-refractivity contribution in [2.45, 2.75) is 50.0 Å². The first kappa shape index (κ1) is 20.2. The van der Waals surface area contributed by atoms with Crippen molar-refractivity contribution in [3.8, 4) is 0 Å². The molecule has 1 aliphatic rings. The van der Waals surface area contributed by atoms with Crippen LogP contribution in [-0.4, -0.2) is 72.6 Å². The van der Waals surface area contributed by atoms with Crippen LogP contribution < -0.4 is 16.9 Å². The number of hydrogen-bond donors (Lipinski definition) is 6. The van der Waals surface area contributed by atoms with Crippen LogP contribution in [0.3, 0.4) is 0 Å². The number of hydrogen-bond acceptors (Lipinski definition) is 11. The summed E-state index contributed by atoms with van der Waals surface area (Å²) >= 11 is 0. The van der Waals surface area contributed by atoms with E-state index in [1.807, 2.05) is 0 Å². The largest absolute Gasteiger partial charge is 0.462 e. The Hall–Kier alpha value is -2.09. The lowest BCUT2D eigenvalue weighted by atomic mass is 9.95. The Morgan fingerprint density at radius 2 is 2.27 bits per heavy atom. The van der Waals surface area contributed by atoms with Gasteiger partial charge < -0.3 is 30.5 Å². The highest BCUT2D eigenvalue weighted by molar-refractivity contribution is 5.76. The van der Waals surface area contributed by atoms with Gasteiger partial charge in [-0.1, -0.05) is 0 Å². The van der Waals surface area contributed by atoms with Gasteiger partial charge in [-0.3, -0.25) is 20.0 Å². The number of esters is 1. The number of aromatic nitrogens is 2. The van der Waals surface area contributed by atoms with Gasteiger partial charge in [-0.15, -0.1) is 0 Å². The van der Waals surface area contributed by atoms with Gasteiger partial charge in [0.05, 0.1) is 6.10 Å². The van der Waals surface area contributed by atoms with E-state index in [1.165, 1.54) is 26.1 Å². The number of nitrogens with zero attached hydrogens (tertiary/aromatic N) is 2. The molecule has 0 spiro atoms. The normalized spacial score (nSPS) is 30.7. The lowest BCUT2D eigenvalue weighted by Gasteiger charge is -2.26. The number of aliphatic hydroxyl groups is 3. The van der Waals surface area contributed by atoms with Gasteiger partial charge >= 0.3 is 11.7 Å². The van der Waals surface area contributed by atoms with Crippen LogP contribution in [0.1, 0.15) is 20.1 Å². The zero-order chi connectivity index (χ0) is 19.6. The van der Waals surface area contributed by atoms with Gasteiger partial charge in [-0.2, -0.15) is 4.98 Å². The smallest absolute Gasteiger partial charge is 0.351 e. The Bertz CT molecular complexity index is 706. The highest BCUT2D eigenvalue weighted by Gasteiger charge is 2.53. The maximum atomic E-state index is 12.0. The lowest BCUT2D eigenvalue weighted by Crippen LogP contribution is -2.48. The molecule has 1 saturated heterocycles. The molecule has 2 heterocycles. The van der Waals surface area contributed by atoms with Crippen LogP contribution in [0.5, 0.6) is 0 Å². The van der Waals surface area contributed by atoms with Gasteiger partial charge in [0.2, 0.25) is 0 Å². The number of carbonyl (C=O) groups excluding carboxylic acids is 1. The maximum absolute atomic E-state index is 12.0. The number of carbonyl (C=O) groups is 1. The third-order valence-electron chi connectivity index (χ3n) is 4.21. The van der Waals surface area contributed by atoms with E-state index in [0.717, 1.165) is 4.57 Å². The SMILES string of the molecule is CC(O)[C@H](N)C(=O)OC[C@H]1O[C@@H](n2ccc(NO)nc2=O)[C@@H](O)C1(C)O. The molecule has 0 radical (unpaired) electrons. The molecule has 2 unspecified atom stereocenters. The summed E-state index contributed by atoms with van der Waals surface area (Å²) in [6, 6.07) is -0.0197. The number of nitrogens with one attached hydrogen (secondary N) is 1. The quantitative estimate of drug-likeness (QED) is 0.224. The molecule has 0 saturated carbocycles. The fourth-order valence-corrected chi connectivity index (χ4v) is 2.40. The zero-order valence-electron chi connectivity index (χ0n) is 14.1. The molecule has 1 aromatic rings. The third-order valence-corrected chi connectivity index (χ3v) is 4.21. The average Bonchev–Trinajstić information content (AvgIpc) is 2.81. The summed E-state index contributed by atoms with van der Waals surface area (Å²) in [5.41, 5.74) is 4.45. The summed E-state index contributed by atoms with van der Waals surface area (Å²) in [7, 11) is 0. The number of rotatable bonds is 6. The Kier molecular flexibility index (Phi) is 5.95. The number of nitrogens with two attached hydrogens (primary N) is 1. The van der Waals surface area contributed by atoms with Crippen molar-refractivity contribution in [2.75, 3.05) is 12.1 Å². The van der Waals surface area contributed by atoms with Gasteiger partial charge in [0, 0.05) is 6.20 Å². The Labute approximate surface area is 147 Å². The van der Waals surface area contributed by atoms with Crippen LogP contribution >= 0.6 is 0 Å². The van der Waals surface area contributed by atoms with Crippen LogP contribution in [0.4, 0.5) is 5.82 Å².